The van der Waals surface area contributed by atoms with Crippen molar-refractivity contribution in [3.8, 4) is 0 Å². The van der Waals surface area contributed by atoms with E-state index in [1.54, 1.807) is 6.92 Å². The van der Waals surface area contributed by atoms with Crippen LogP contribution in [0.25, 0.3) is 0 Å². The number of rotatable bonds is 1. The third-order valence-corrected chi connectivity index (χ3v) is 4.65. The average molecular weight is 250 g/mol. The topological polar surface area (TPSA) is 66.6 Å². The molecule has 3 rings (SSSR count). The Morgan fingerprint density at radius 2 is 2.22 bits per heavy atom. The van der Waals surface area contributed by atoms with Crippen LogP contribution in [0.15, 0.2) is 10.8 Å². The van der Waals surface area contributed by atoms with E-state index in [1.165, 1.54) is 6.26 Å². The van der Waals surface area contributed by atoms with Crippen molar-refractivity contribution in [3.05, 3.63) is 17.5 Å². The highest BCUT2D eigenvalue weighted by Crippen LogP contribution is 2.49. The SMILES string of the molecule is Cc1nocc1C(=O)N1CCC2(CCC2O)CC1. The van der Waals surface area contributed by atoms with Crippen LogP contribution < -0.4 is 0 Å². The zero-order valence-electron chi connectivity index (χ0n) is 10.6. The first-order valence-corrected chi connectivity index (χ1v) is 6.51. The lowest BCUT2D eigenvalue weighted by Crippen LogP contribution is -2.53. The normalized spacial score (nSPS) is 26.1. The van der Waals surface area contributed by atoms with E-state index < -0.39 is 0 Å². The summed E-state index contributed by atoms with van der Waals surface area (Å²) in [6.07, 6.45) is 5.09. The summed E-state index contributed by atoms with van der Waals surface area (Å²) in [6.45, 7) is 3.22. The van der Waals surface area contributed by atoms with E-state index in [-0.39, 0.29) is 17.4 Å². The van der Waals surface area contributed by atoms with Gasteiger partial charge in [0.2, 0.25) is 0 Å². The predicted molar refractivity (Wildman–Crippen MR) is 64.1 cm³/mol. The monoisotopic (exact) mass is 250 g/mol. The Kier molecular flexibility index (Phi) is 2.66. The molecule has 2 fully saturated rings. The third-order valence-electron chi connectivity index (χ3n) is 4.65. The van der Waals surface area contributed by atoms with E-state index in [0.29, 0.717) is 11.3 Å². The molecule has 98 valence electrons. The molecule has 5 heteroatoms. The minimum Gasteiger partial charge on any atom is -0.393 e. The van der Waals surface area contributed by atoms with Gasteiger partial charge in [-0.3, -0.25) is 4.79 Å². The molecule has 1 atom stereocenters. The number of carbonyl (C=O) groups excluding carboxylic acids is 1. The van der Waals surface area contributed by atoms with Crippen molar-refractivity contribution < 1.29 is 14.4 Å². The molecule has 1 spiro atoms. The van der Waals surface area contributed by atoms with Gasteiger partial charge >= 0.3 is 0 Å². The molecule has 1 amide bonds. The van der Waals surface area contributed by atoms with E-state index in [0.717, 1.165) is 38.8 Å². The van der Waals surface area contributed by atoms with Gasteiger partial charge in [-0.2, -0.15) is 0 Å². The van der Waals surface area contributed by atoms with E-state index in [1.807, 2.05) is 4.90 Å². The molecule has 0 radical (unpaired) electrons. The van der Waals surface area contributed by atoms with Gasteiger partial charge in [-0.25, -0.2) is 0 Å². The number of nitrogens with zero attached hydrogens (tertiary/aromatic N) is 2. The molecule has 1 saturated heterocycles. The molecule has 0 aromatic carbocycles. The third kappa shape index (κ3) is 1.65. The Balaban J connectivity index is 1.66. The molecule has 0 bridgehead atoms. The molecule has 1 N–H and O–H groups in total. The number of hydrogen-bond acceptors (Lipinski definition) is 4. The number of likely N-dealkylation sites (tertiary alicyclic amines) is 1. The fourth-order valence-corrected chi connectivity index (χ4v) is 3.09. The largest absolute Gasteiger partial charge is 0.393 e. The number of hydrogen-bond donors (Lipinski definition) is 1. The minimum atomic E-state index is -0.160. The number of amides is 1. The molecule has 1 aromatic heterocycles. The summed E-state index contributed by atoms with van der Waals surface area (Å²) in [6, 6.07) is 0. The maximum atomic E-state index is 12.2. The summed E-state index contributed by atoms with van der Waals surface area (Å²) in [5.74, 6) is -0.00240. The standard InChI is InChI=1S/C13H18N2O3/c1-9-10(8-18-14-9)12(17)15-6-4-13(5-7-15)3-2-11(13)16/h8,11,16H,2-7H2,1H3. The van der Waals surface area contributed by atoms with Crippen molar-refractivity contribution in [2.24, 2.45) is 5.41 Å². The van der Waals surface area contributed by atoms with E-state index >= 15 is 0 Å². The maximum Gasteiger partial charge on any atom is 0.259 e. The van der Waals surface area contributed by atoms with Crippen LogP contribution in [0.2, 0.25) is 0 Å². The Hall–Kier alpha value is -1.36. The molecule has 1 aliphatic heterocycles. The van der Waals surface area contributed by atoms with Gasteiger partial charge in [-0.05, 0) is 38.0 Å². The van der Waals surface area contributed by atoms with E-state index in [2.05, 4.69) is 5.16 Å². The predicted octanol–water partition coefficient (Wildman–Crippen LogP) is 1.36. The molecular formula is C13H18N2O3. The molecule has 1 unspecified atom stereocenters. The Morgan fingerprint density at radius 3 is 2.67 bits per heavy atom. The quantitative estimate of drug-likeness (QED) is 0.817. The molecule has 1 aliphatic carbocycles. The Bertz CT molecular complexity index is 461. The average Bonchev–Trinajstić information content (AvgIpc) is 2.82. The van der Waals surface area contributed by atoms with Crippen LogP contribution in [-0.2, 0) is 0 Å². The summed E-state index contributed by atoms with van der Waals surface area (Å²) in [7, 11) is 0. The number of carbonyl (C=O) groups is 1. The first-order chi connectivity index (χ1) is 8.62. The zero-order chi connectivity index (χ0) is 12.8. The zero-order valence-corrected chi connectivity index (χ0v) is 10.6. The lowest BCUT2D eigenvalue weighted by molar-refractivity contribution is -0.0952. The fraction of sp³-hybridized carbons (Fsp3) is 0.692. The second-order valence-electron chi connectivity index (χ2n) is 5.52. The van der Waals surface area contributed by atoms with E-state index in [9.17, 15) is 9.90 Å². The van der Waals surface area contributed by atoms with Crippen LogP contribution in [-0.4, -0.2) is 40.3 Å². The van der Waals surface area contributed by atoms with E-state index in [4.69, 9.17) is 4.52 Å². The number of aromatic nitrogens is 1. The Morgan fingerprint density at radius 1 is 1.50 bits per heavy atom. The van der Waals surface area contributed by atoms with Crippen molar-refractivity contribution in [2.75, 3.05) is 13.1 Å². The van der Waals surface area contributed by atoms with Gasteiger partial charge in [-0.15, -0.1) is 0 Å². The van der Waals surface area contributed by atoms with Gasteiger partial charge in [-0.1, -0.05) is 5.16 Å². The van der Waals surface area contributed by atoms with Gasteiger partial charge in [0.25, 0.3) is 5.91 Å². The molecule has 1 aromatic rings. The second-order valence-corrected chi connectivity index (χ2v) is 5.52. The highest BCUT2D eigenvalue weighted by Gasteiger charge is 2.47. The molecule has 2 aliphatic rings. The lowest BCUT2D eigenvalue weighted by Gasteiger charge is -2.51. The first-order valence-electron chi connectivity index (χ1n) is 6.51. The number of piperidine rings is 1. The first kappa shape index (κ1) is 11.7. The van der Waals surface area contributed by atoms with Gasteiger partial charge in [0.05, 0.1) is 11.8 Å². The van der Waals surface area contributed by atoms with Crippen molar-refractivity contribution in [1.29, 1.82) is 0 Å². The van der Waals surface area contributed by atoms with Crippen molar-refractivity contribution >= 4 is 5.91 Å². The number of aryl methyl sites for hydroxylation is 1. The maximum absolute atomic E-state index is 12.2. The molecule has 5 nitrogen and oxygen atoms in total. The highest BCUT2D eigenvalue weighted by molar-refractivity contribution is 5.94. The summed E-state index contributed by atoms with van der Waals surface area (Å²) in [4.78, 5) is 14.1. The summed E-state index contributed by atoms with van der Waals surface area (Å²) in [5, 5.41) is 13.6. The van der Waals surface area contributed by atoms with Gasteiger partial charge in [0, 0.05) is 13.1 Å². The Labute approximate surface area is 106 Å². The van der Waals surface area contributed by atoms with Crippen LogP contribution in [0.1, 0.15) is 41.7 Å². The summed E-state index contributed by atoms with van der Waals surface area (Å²) < 4.78 is 4.81. The van der Waals surface area contributed by atoms with Crippen molar-refractivity contribution in [1.82, 2.24) is 10.1 Å². The van der Waals surface area contributed by atoms with Gasteiger partial charge in [0.15, 0.2) is 0 Å². The van der Waals surface area contributed by atoms with Crippen LogP contribution in [0.5, 0.6) is 0 Å². The lowest BCUT2D eigenvalue weighted by atomic mass is 9.61. The van der Waals surface area contributed by atoms with Crippen LogP contribution in [0, 0.1) is 12.3 Å². The molecule has 2 heterocycles. The molecule has 18 heavy (non-hydrogen) atoms. The van der Waals surface area contributed by atoms with Gasteiger partial charge in [0.1, 0.15) is 11.8 Å². The smallest absolute Gasteiger partial charge is 0.259 e. The summed E-state index contributed by atoms with van der Waals surface area (Å²) >= 11 is 0. The molecule has 1 saturated carbocycles. The second kappa shape index (κ2) is 4.09. The van der Waals surface area contributed by atoms with Gasteiger partial charge < -0.3 is 14.5 Å². The molecular weight excluding hydrogens is 232 g/mol. The van der Waals surface area contributed by atoms with Crippen molar-refractivity contribution in [3.63, 3.8) is 0 Å². The summed E-state index contributed by atoms with van der Waals surface area (Å²) in [5.41, 5.74) is 1.30. The van der Waals surface area contributed by atoms with Crippen LogP contribution in [0.3, 0.4) is 0 Å². The van der Waals surface area contributed by atoms with Crippen LogP contribution in [0.4, 0.5) is 0 Å². The van der Waals surface area contributed by atoms with Crippen molar-refractivity contribution in [2.45, 2.75) is 38.7 Å². The number of aliphatic hydroxyl groups excluding tert-OH is 1. The number of aliphatic hydroxyl groups is 1. The fourth-order valence-electron chi connectivity index (χ4n) is 3.09. The highest BCUT2D eigenvalue weighted by atomic mass is 16.5. The van der Waals surface area contributed by atoms with Crippen LogP contribution >= 0.6 is 0 Å². The minimum absolute atomic E-state index is 0.00240.